The number of benzene rings is 1. The highest BCUT2D eigenvalue weighted by atomic mass is 35.5. The Morgan fingerprint density at radius 3 is 2.85 bits per heavy atom. The highest BCUT2D eigenvalue weighted by molar-refractivity contribution is 6.16. The second-order valence-corrected chi connectivity index (χ2v) is 3.44. The maximum Gasteiger partial charge on any atom is 0.210 e. The molecule has 68 valence electrons. The summed E-state index contributed by atoms with van der Waals surface area (Å²) in [6.07, 6.45) is 0. The molecule has 0 aliphatic carbocycles. The first-order chi connectivity index (χ1) is 6.20. The van der Waals surface area contributed by atoms with Crippen LogP contribution in [-0.2, 0) is 5.88 Å². The molecular formula is C10H10ClNO. The topological polar surface area (TPSA) is 26.0 Å². The number of oxazole rings is 1. The Balaban J connectivity index is 2.75. The number of halogens is 1. The Kier molecular flexibility index (Phi) is 2.00. The summed E-state index contributed by atoms with van der Waals surface area (Å²) in [5.74, 6) is 0.915. The Morgan fingerprint density at radius 2 is 2.15 bits per heavy atom. The second kappa shape index (κ2) is 3.04. The normalized spacial score (nSPS) is 11.0. The van der Waals surface area contributed by atoms with Gasteiger partial charge in [-0.25, -0.2) is 4.98 Å². The molecule has 13 heavy (non-hydrogen) atoms. The molecule has 1 aromatic carbocycles. The fourth-order valence-electron chi connectivity index (χ4n) is 1.48. The average Bonchev–Trinajstić information content (AvgIpc) is 2.47. The van der Waals surface area contributed by atoms with Crippen LogP contribution >= 0.6 is 11.6 Å². The summed E-state index contributed by atoms with van der Waals surface area (Å²) in [5, 5.41) is 0. The summed E-state index contributed by atoms with van der Waals surface area (Å²) < 4.78 is 5.46. The SMILES string of the molecule is Cc1cc(C)c2oc(CCl)nc2c1. The van der Waals surface area contributed by atoms with E-state index in [1.54, 1.807) is 0 Å². The van der Waals surface area contributed by atoms with E-state index in [4.69, 9.17) is 16.0 Å². The molecular weight excluding hydrogens is 186 g/mol. The standard InChI is InChI=1S/C10H10ClNO/c1-6-3-7(2)10-8(4-6)12-9(5-11)13-10/h3-4H,5H2,1-2H3. The molecule has 1 heterocycles. The van der Waals surface area contributed by atoms with E-state index in [0.717, 1.165) is 16.7 Å². The third kappa shape index (κ3) is 1.42. The van der Waals surface area contributed by atoms with Gasteiger partial charge in [-0.15, -0.1) is 11.6 Å². The van der Waals surface area contributed by atoms with Gasteiger partial charge in [0.05, 0.1) is 5.88 Å². The van der Waals surface area contributed by atoms with Crippen LogP contribution in [-0.4, -0.2) is 4.98 Å². The van der Waals surface area contributed by atoms with Crippen LogP contribution in [0.5, 0.6) is 0 Å². The maximum absolute atomic E-state index is 5.63. The first-order valence-electron chi connectivity index (χ1n) is 4.13. The Labute approximate surface area is 81.5 Å². The van der Waals surface area contributed by atoms with Gasteiger partial charge in [-0.1, -0.05) is 6.07 Å². The molecule has 0 radical (unpaired) electrons. The lowest BCUT2D eigenvalue weighted by molar-refractivity contribution is 0.553. The molecule has 2 aromatic rings. The number of fused-ring (bicyclic) bond motifs is 1. The smallest absolute Gasteiger partial charge is 0.210 e. The number of aromatic nitrogens is 1. The zero-order valence-electron chi connectivity index (χ0n) is 7.60. The minimum absolute atomic E-state index is 0.327. The van der Waals surface area contributed by atoms with Crippen molar-refractivity contribution in [2.24, 2.45) is 0 Å². The van der Waals surface area contributed by atoms with Gasteiger partial charge >= 0.3 is 0 Å². The zero-order chi connectivity index (χ0) is 9.42. The number of aryl methyl sites for hydroxylation is 2. The largest absolute Gasteiger partial charge is 0.439 e. The summed E-state index contributed by atoms with van der Waals surface area (Å²) >= 11 is 5.63. The summed E-state index contributed by atoms with van der Waals surface area (Å²) in [6.45, 7) is 4.06. The van der Waals surface area contributed by atoms with Crippen molar-refractivity contribution in [3.05, 3.63) is 29.2 Å². The van der Waals surface area contributed by atoms with Crippen LogP contribution in [0.2, 0.25) is 0 Å². The van der Waals surface area contributed by atoms with Gasteiger partial charge in [0, 0.05) is 0 Å². The Hall–Kier alpha value is -1.02. The first-order valence-corrected chi connectivity index (χ1v) is 4.67. The van der Waals surface area contributed by atoms with Crippen molar-refractivity contribution in [2.75, 3.05) is 0 Å². The minimum atomic E-state index is 0.327. The molecule has 2 rings (SSSR count). The molecule has 2 nitrogen and oxygen atoms in total. The quantitative estimate of drug-likeness (QED) is 0.654. The third-order valence-corrected chi connectivity index (χ3v) is 2.21. The molecule has 0 amide bonds. The molecule has 3 heteroatoms. The number of hydrogen-bond acceptors (Lipinski definition) is 2. The van der Waals surface area contributed by atoms with Crippen molar-refractivity contribution in [1.29, 1.82) is 0 Å². The summed E-state index contributed by atoms with van der Waals surface area (Å²) in [4.78, 5) is 4.25. The molecule has 0 saturated heterocycles. The first kappa shape index (κ1) is 8.57. The predicted molar refractivity (Wildman–Crippen MR) is 53.0 cm³/mol. The molecule has 0 saturated carbocycles. The van der Waals surface area contributed by atoms with E-state index >= 15 is 0 Å². The van der Waals surface area contributed by atoms with Crippen molar-refractivity contribution >= 4 is 22.7 Å². The Bertz CT molecular complexity index is 447. The highest BCUT2D eigenvalue weighted by Gasteiger charge is 2.07. The number of hydrogen-bond donors (Lipinski definition) is 0. The summed E-state index contributed by atoms with van der Waals surface area (Å²) in [6, 6.07) is 4.08. The van der Waals surface area contributed by atoms with E-state index in [1.165, 1.54) is 5.56 Å². The van der Waals surface area contributed by atoms with Crippen molar-refractivity contribution < 1.29 is 4.42 Å². The van der Waals surface area contributed by atoms with E-state index in [2.05, 4.69) is 11.1 Å². The van der Waals surface area contributed by atoms with Crippen molar-refractivity contribution in [2.45, 2.75) is 19.7 Å². The molecule has 1 aromatic heterocycles. The van der Waals surface area contributed by atoms with Crippen molar-refractivity contribution in [3.8, 4) is 0 Å². The Morgan fingerprint density at radius 1 is 1.38 bits per heavy atom. The van der Waals surface area contributed by atoms with Gasteiger partial charge in [-0.3, -0.25) is 0 Å². The van der Waals surface area contributed by atoms with E-state index in [-0.39, 0.29) is 0 Å². The molecule has 0 fully saturated rings. The zero-order valence-corrected chi connectivity index (χ0v) is 8.35. The van der Waals surface area contributed by atoms with Crippen LogP contribution in [0.4, 0.5) is 0 Å². The van der Waals surface area contributed by atoms with Crippen molar-refractivity contribution in [3.63, 3.8) is 0 Å². The lowest BCUT2D eigenvalue weighted by Gasteiger charge is -1.94. The van der Waals surface area contributed by atoms with Crippen LogP contribution in [0.15, 0.2) is 16.5 Å². The molecule has 0 unspecified atom stereocenters. The van der Waals surface area contributed by atoms with Crippen LogP contribution in [0.25, 0.3) is 11.1 Å². The fourth-order valence-corrected chi connectivity index (χ4v) is 1.59. The predicted octanol–water partition coefficient (Wildman–Crippen LogP) is 3.18. The van der Waals surface area contributed by atoms with Crippen LogP contribution in [0, 0.1) is 13.8 Å². The third-order valence-electron chi connectivity index (χ3n) is 1.98. The minimum Gasteiger partial charge on any atom is -0.439 e. The van der Waals surface area contributed by atoms with Gasteiger partial charge in [-0.05, 0) is 31.0 Å². The lowest BCUT2D eigenvalue weighted by Crippen LogP contribution is -1.78. The number of nitrogens with zero attached hydrogens (tertiary/aromatic N) is 1. The summed E-state index contributed by atoms with van der Waals surface area (Å²) in [5.41, 5.74) is 4.05. The van der Waals surface area contributed by atoms with E-state index in [1.807, 2.05) is 19.9 Å². The van der Waals surface area contributed by atoms with Crippen molar-refractivity contribution in [1.82, 2.24) is 4.98 Å². The fraction of sp³-hybridized carbons (Fsp3) is 0.300. The van der Waals surface area contributed by atoms with Gasteiger partial charge in [0.25, 0.3) is 0 Å². The van der Waals surface area contributed by atoms with Crippen LogP contribution in [0.1, 0.15) is 17.0 Å². The second-order valence-electron chi connectivity index (χ2n) is 3.17. The number of rotatable bonds is 1. The molecule has 0 N–H and O–H groups in total. The number of alkyl halides is 1. The van der Waals surface area contributed by atoms with Gasteiger partial charge in [-0.2, -0.15) is 0 Å². The van der Waals surface area contributed by atoms with Gasteiger partial charge < -0.3 is 4.42 Å². The summed E-state index contributed by atoms with van der Waals surface area (Å²) in [7, 11) is 0. The maximum atomic E-state index is 5.63. The van der Waals surface area contributed by atoms with E-state index in [9.17, 15) is 0 Å². The van der Waals surface area contributed by atoms with Gasteiger partial charge in [0.1, 0.15) is 5.52 Å². The lowest BCUT2D eigenvalue weighted by atomic mass is 10.1. The van der Waals surface area contributed by atoms with Crippen LogP contribution in [0.3, 0.4) is 0 Å². The molecule has 0 bridgehead atoms. The molecule has 0 aliphatic heterocycles. The van der Waals surface area contributed by atoms with Crippen LogP contribution < -0.4 is 0 Å². The monoisotopic (exact) mass is 195 g/mol. The van der Waals surface area contributed by atoms with Gasteiger partial charge in [0.15, 0.2) is 5.58 Å². The molecule has 0 aliphatic rings. The van der Waals surface area contributed by atoms with Gasteiger partial charge in [0.2, 0.25) is 5.89 Å². The molecule has 0 spiro atoms. The van der Waals surface area contributed by atoms with E-state index in [0.29, 0.717) is 11.8 Å². The van der Waals surface area contributed by atoms with E-state index < -0.39 is 0 Å². The average molecular weight is 196 g/mol. The highest BCUT2D eigenvalue weighted by Crippen LogP contribution is 2.21. The molecule has 0 atom stereocenters.